The quantitative estimate of drug-likeness (QED) is 0.213. The first-order chi connectivity index (χ1) is 17.4. The molecular weight excluding hydrogens is 490 g/mol. The highest BCUT2D eigenvalue weighted by Gasteiger charge is 2.29. The van der Waals surface area contributed by atoms with Crippen LogP contribution in [-0.2, 0) is 11.2 Å². The molecule has 0 spiro atoms. The number of aromatic nitrogens is 2. The van der Waals surface area contributed by atoms with Crippen molar-refractivity contribution in [3.63, 3.8) is 0 Å². The summed E-state index contributed by atoms with van der Waals surface area (Å²) in [7, 11) is 0. The van der Waals surface area contributed by atoms with E-state index in [1.165, 1.54) is 22.9 Å². The van der Waals surface area contributed by atoms with Gasteiger partial charge in [0.1, 0.15) is 0 Å². The van der Waals surface area contributed by atoms with Crippen LogP contribution in [0.5, 0.6) is 0 Å². The number of benzene rings is 3. The highest BCUT2D eigenvalue weighted by molar-refractivity contribution is 8.00. The zero-order chi connectivity index (χ0) is 25.4. The van der Waals surface area contributed by atoms with E-state index in [0.29, 0.717) is 33.5 Å². The Labute approximate surface area is 220 Å². The Morgan fingerprint density at radius 1 is 1.08 bits per heavy atom. The third-order valence-corrected chi connectivity index (χ3v) is 8.19. The number of halogens is 1. The van der Waals surface area contributed by atoms with Gasteiger partial charge in [-0.2, -0.15) is 0 Å². The minimum Gasteiger partial charge on any atom is -0.311 e. The maximum Gasteiger partial charge on any atom is 0.266 e. The first-order valence-corrected chi connectivity index (χ1v) is 13.5. The molecule has 0 saturated carbocycles. The van der Waals surface area contributed by atoms with Crippen LogP contribution in [0, 0.1) is 0 Å². The summed E-state index contributed by atoms with van der Waals surface area (Å²) >= 11 is 7.52. The molecule has 5 nitrogen and oxygen atoms in total. The van der Waals surface area contributed by atoms with Crippen molar-refractivity contribution >= 4 is 45.9 Å². The topological polar surface area (TPSA) is 55.2 Å². The maximum atomic E-state index is 13.7. The molecule has 0 radical (unpaired) electrons. The molecule has 0 fully saturated rings. The van der Waals surface area contributed by atoms with Gasteiger partial charge in [0.2, 0.25) is 5.91 Å². The molecule has 36 heavy (non-hydrogen) atoms. The molecule has 5 rings (SSSR count). The predicted octanol–water partition coefficient (Wildman–Crippen LogP) is 6.62. The Bertz CT molecular complexity index is 1500. The van der Waals surface area contributed by atoms with Crippen LogP contribution in [0.15, 0.2) is 76.7 Å². The van der Waals surface area contributed by atoms with E-state index in [1.54, 1.807) is 22.8 Å². The van der Waals surface area contributed by atoms with Gasteiger partial charge in [-0.3, -0.25) is 14.2 Å². The van der Waals surface area contributed by atoms with Gasteiger partial charge in [0.25, 0.3) is 5.56 Å². The number of para-hydroxylation sites is 1. The molecule has 1 aliphatic heterocycles. The standard InChI is InChI=1S/C29H28ClN3O2S/c1-4-18(2)20-9-12-23(13-10-20)33-28(35)24-17-22(30)11-14-25(24)31-29(33)36-19(3)27(34)32-16-15-21-7-5-6-8-26(21)32/h5-14,17-19H,4,15-16H2,1-3H3/t18-,19+/m1/s1. The third kappa shape index (κ3) is 4.56. The van der Waals surface area contributed by atoms with E-state index in [2.05, 4.69) is 32.0 Å². The van der Waals surface area contributed by atoms with Crippen molar-refractivity contribution in [3.05, 3.63) is 93.2 Å². The molecule has 0 saturated heterocycles. The van der Waals surface area contributed by atoms with Gasteiger partial charge >= 0.3 is 0 Å². The molecule has 1 aliphatic rings. The Hall–Kier alpha value is -3.09. The lowest BCUT2D eigenvalue weighted by Gasteiger charge is -2.22. The molecule has 7 heteroatoms. The third-order valence-electron chi connectivity index (χ3n) is 6.92. The summed E-state index contributed by atoms with van der Waals surface area (Å²) in [4.78, 5) is 33.8. The molecule has 1 aromatic heterocycles. The second-order valence-corrected chi connectivity index (χ2v) is 11.0. The van der Waals surface area contributed by atoms with E-state index in [1.807, 2.05) is 42.2 Å². The Morgan fingerprint density at radius 2 is 1.83 bits per heavy atom. The number of amides is 1. The molecule has 1 amide bonds. The average molecular weight is 518 g/mol. The summed E-state index contributed by atoms with van der Waals surface area (Å²) in [6.45, 7) is 6.89. The van der Waals surface area contributed by atoms with Crippen LogP contribution < -0.4 is 10.5 Å². The van der Waals surface area contributed by atoms with Crippen molar-refractivity contribution in [1.82, 2.24) is 9.55 Å². The fraction of sp³-hybridized carbons (Fsp3) is 0.276. The number of nitrogens with zero attached hydrogens (tertiary/aromatic N) is 3. The smallest absolute Gasteiger partial charge is 0.266 e. The molecule has 184 valence electrons. The molecule has 3 aromatic carbocycles. The number of anilines is 1. The van der Waals surface area contributed by atoms with Crippen LogP contribution in [-0.4, -0.2) is 27.3 Å². The molecule has 4 aromatic rings. The Kier molecular flexibility index (Phi) is 6.91. The monoisotopic (exact) mass is 517 g/mol. The number of rotatable bonds is 6. The Balaban J connectivity index is 1.55. The lowest BCUT2D eigenvalue weighted by Crippen LogP contribution is -2.35. The molecule has 0 bridgehead atoms. The Morgan fingerprint density at radius 3 is 2.58 bits per heavy atom. The van der Waals surface area contributed by atoms with Gasteiger partial charge in [-0.15, -0.1) is 0 Å². The fourth-order valence-corrected chi connectivity index (χ4v) is 5.79. The summed E-state index contributed by atoms with van der Waals surface area (Å²) in [6, 6.07) is 21.2. The molecule has 0 unspecified atom stereocenters. The lowest BCUT2D eigenvalue weighted by molar-refractivity contribution is -0.117. The summed E-state index contributed by atoms with van der Waals surface area (Å²) in [6.07, 6.45) is 1.89. The molecule has 0 aliphatic carbocycles. The highest BCUT2D eigenvalue weighted by Crippen LogP contribution is 2.32. The van der Waals surface area contributed by atoms with Crippen molar-refractivity contribution in [3.8, 4) is 5.69 Å². The van der Waals surface area contributed by atoms with Crippen molar-refractivity contribution < 1.29 is 4.79 Å². The zero-order valence-corrected chi connectivity index (χ0v) is 22.1. The second-order valence-electron chi connectivity index (χ2n) is 9.23. The van der Waals surface area contributed by atoms with Gasteiger partial charge in [-0.05, 0) is 73.2 Å². The number of fused-ring (bicyclic) bond motifs is 2. The van der Waals surface area contributed by atoms with E-state index in [4.69, 9.17) is 16.6 Å². The first kappa shape index (κ1) is 24.6. The SMILES string of the molecule is CC[C@@H](C)c1ccc(-n2c(S[C@@H](C)C(=O)N3CCc4ccccc43)nc3ccc(Cl)cc3c2=O)cc1. The van der Waals surface area contributed by atoms with Gasteiger partial charge < -0.3 is 4.90 Å². The second kappa shape index (κ2) is 10.1. The molecule has 2 atom stereocenters. The minimum atomic E-state index is -0.432. The predicted molar refractivity (Wildman–Crippen MR) is 149 cm³/mol. The zero-order valence-electron chi connectivity index (χ0n) is 20.6. The number of thioether (sulfide) groups is 1. The molecular formula is C29H28ClN3O2S. The highest BCUT2D eigenvalue weighted by atomic mass is 35.5. The van der Waals surface area contributed by atoms with Gasteiger partial charge in [0, 0.05) is 17.3 Å². The van der Waals surface area contributed by atoms with Crippen LogP contribution in [0.4, 0.5) is 5.69 Å². The number of carbonyl (C=O) groups excluding carboxylic acids is 1. The van der Waals surface area contributed by atoms with Crippen LogP contribution >= 0.6 is 23.4 Å². The van der Waals surface area contributed by atoms with Gasteiger partial charge in [-0.1, -0.05) is 67.5 Å². The van der Waals surface area contributed by atoms with Gasteiger partial charge in [0.15, 0.2) is 5.16 Å². The van der Waals surface area contributed by atoms with E-state index in [0.717, 1.165) is 24.2 Å². The summed E-state index contributed by atoms with van der Waals surface area (Å²) in [5.41, 5.74) is 4.45. The van der Waals surface area contributed by atoms with E-state index >= 15 is 0 Å². The fourth-order valence-electron chi connectivity index (χ4n) is 4.63. The number of carbonyl (C=O) groups is 1. The van der Waals surface area contributed by atoms with Crippen LogP contribution in [0.1, 0.15) is 44.2 Å². The van der Waals surface area contributed by atoms with E-state index in [9.17, 15) is 9.59 Å². The number of hydrogen-bond acceptors (Lipinski definition) is 4. The van der Waals surface area contributed by atoms with Crippen molar-refractivity contribution in [2.45, 2.75) is 49.9 Å². The summed E-state index contributed by atoms with van der Waals surface area (Å²) < 4.78 is 1.60. The summed E-state index contributed by atoms with van der Waals surface area (Å²) in [5.74, 6) is 0.438. The molecule has 2 heterocycles. The normalized spacial score (nSPS) is 14.6. The van der Waals surface area contributed by atoms with Crippen LogP contribution in [0.25, 0.3) is 16.6 Å². The van der Waals surface area contributed by atoms with Crippen molar-refractivity contribution in [2.24, 2.45) is 0 Å². The van der Waals surface area contributed by atoms with Gasteiger partial charge in [0.05, 0.1) is 21.8 Å². The maximum absolute atomic E-state index is 13.7. The van der Waals surface area contributed by atoms with Crippen LogP contribution in [0.3, 0.4) is 0 Å². The number of hydrogen-bond donors (Lipinski definition) is 0. The first-order valence-electron chi connectivity index (χ1n) is 12.3. The largest absolute Gasteiger partial charge is 0.311 e. The van der Waals surface area contributed by atoms with E-state index in [-0.39, 0.29) is 11.5 Å². The van der Waals surface area contributed by atoms with Crippen molar-refractivity contribution in [2.75, 3.05) is 11.4 Å². The minimum absolute atomic E-state index is 0.00840. The van der Waals surface area contributed by atoms with Crippen LogP contribution in [0.2, 0.25) is 5.02 Å². The van der Waals surface area contributed by atoms with Crippen molar-refractivity contribution in [1.29, 1.82) is 0 Å². The molecule has 0 N–H and O–H groups in total. The van der Waals surface area contributed by atoms with Gasteiger partial charge in [-0.25, -0.2) is 4.98 Å². The summed E-state index contributed by atoms with van der Waals surface area (Å²) in [5, 5.41) is 0.986. The van der Waals surface area contributed by atoms with E-state index < -0.39 is 5.25 Å². The average Bonchev–Trinajstić information content (AvgIpc) is 3.33. The lowest BCUT2D eigenvalue weighted by atomic mass is 9.98.